The van der Waals surface area contributed by atoms with Gasteiger partial charge >= 0.3 is 5.97 Å². The van der Waals surface area contributed by atoms with Gasteiger partial charge in [0.05, 0.1) is 12.1 Å². The van der Waals surface area contributed by atoms with Crippen molar-refractivity contribution in [3.63, 3.8) is 0 Å². The molecule has 0 fully saturated rings. The highest BCUT2D eigenvalue weighted by Crippen LogP contribution is 2.19. The first kappa shape index (κ1) is 20.9. The molecule has 2 rings (SSSR count). The maximum atomic E-state index is 12.7. The number of carbonyl (C=O) groups excluding carboxylic acids is 1. The Kier molecular flexibility index (Phi) is 7.84. The Morgan fingerprint density at radius 2 is 1.92 bits per heavy atom. The summed E-state index contributed by atoms with van der Waals surface area (Å²) in [5, 5.41) is 0.557. The van der Waals surface area contributed by atoms with Gasteiger partial charge in [-0.3, -0.25) is 4.79 Å². The van der Waals surface area contributed by atoms with Crippen LogP contribution in [0.25, 0.3) is 10.9 Å². The predicted molar refractivity (Wildman–Crippen MR) is 104 cm³/mol. The average Bonchev–Trinajstić information content (AvgIpc) is 2.57. The van der Waals surface area contributed by atoms with Gasteiger partial charge in [0.15, 0.2) is 0 Å². The molecule has 5 nitrogen and oxygen atoms in total. The molecule has 0 spiro atoms. The number of aromatic nitrogens is 1. The summed E-state index contributed by atoms with van der Waals surface area (Å²) in [5.41, 5.74) is 1.65. The van der Waals surface area contributed by atoms with Crippen LogP contribution in [0.3, 0.4) is 0 Å². The van der Waals surface area contributed by atoms with Crippen LogP contribution in [0.5, 0.6) is 0 Å². The number of rotatable bonds is 5. The summed E-state index contributed by atoms with van der Waals surface area (Å²) in [4.78, 5) is 26.9. The number of carbonyl (C=O) groups is 1. The summed E-state index contributed by atoms with van der Waals surface area (Å²) in [6, 6.07) is 5.86. The quantitative estimate of drug-likeness (QED) is 0.776. The molecule has 2 aromatic rings. The maximum Gasteiger partial charge on any atom is 0.343 e. The molecule has 0 amide bonds. The Morgan fingerprint density at radius 3 is 2.48 bits per heavy atom. The lowest BCUT2D eigenvalue weighted by Crippen LogP contribution is -2.26. The van der Waals surface area contributed by atoms with E-state index in [1.165, 1.54) is 0 Å². The Labute approximate surface area is 150 Å². The third-order valence-corrected chi connectivity index (χ3v) is 3.79. The SMILES string of the molecule is CC.CCOC(=O)c1cn(C(C)CN(C)C)c2ccc(C)cc2c1=O. The molecular formula is C20H30N2O3. The zero-order valence-corrected chi connectivity index (χ0v) is 16.4. The van der Waals surface area contributed by atoms with Gasteiger partial charge in [0.2, 0.25) is 5.43 Å². The standard InChI is InChI=1S/C18H24N2O3.C2H6/c1-6-23-18(22)15-11-20(13(3)10-19(4)5)16-8-7-12(2)9-14(16)17(15)21;1-2/h7-9,11,13H,6,10H2,1-5H3;1-2H3. The number of ether oxygens (including phenoxy) is 1. The second-order valence-electron chi connectivity index (χ2n) is 6.13. The van der Waals surface area contributed by atoms with Crippen LogP contribution in [0, 0.1) is 6.92 Å². The van der Waals surface area contributed by atoms with Crippen molar-refractivity contribution in [2.45, 2.75) is 40.7 Å². The first-order chi connectivity index (χ1) is 11.8. The summed E-state index contributed by atoms with van der Waals surface area (Å²) < 4.78 is 7.03. The lowest BCUT2D eigenvalue weighted by Gasteiger charge is -2.23. The molecule has 0 aliphatic carbocycles. The smallest absolute Gasteiger partial charge is 0.343 e. The molecule has 0 saturated heterocycles. The van der Waals surface area contributed by atoms with Gasteiger partial charge in [-0.25, -0.2) is 4.79 Å². The molecule has 0 N–H and O–H groups in total. The second-order valence-corrected chi connectivity index (χ2v) is 6.13. The normalized spacial score (nSPS) is 11.8. The Hall–Kier alpha value is -2.14. The largest absolute Gasteiger partial charge is 0.462 e. The first-order valence-electron chi connectivity index (χ1n) is 8.82. The minimum absolute atomic E-state index is 0.0931. The number of hydrogen-bond acceptors (Lipinski definition) is 4. The van der Waals surface area contributed by atoms with E-state index in [1.54, 1.807) is 13.1 Å². The van der Waals surface area contributed by atoms with Crippen LogP contribution in [0.1, 0.15) is 49.7 Å². The van der Waals surface area contributed by atoms with E-state index in [1.807, 2.05) is 57.6 Å². The molecule has 1 aromatic heterocycles. The lowest BCUT2D eigenvalue weighted by molar-refractivity contribution is 0.0524. The molecule has 5 heteroatoms. The van der Waals surface area contributed by atoms with Crippen molar-refractivity contribution in [2.75, 3.05) is 27.2 Å². The molecule has 0 radical (unpaired) electrons. The van der Waals surface area contributed by atoms with E-state index in [2.05, 4.69) is 11.8 Å². The van der Waals surface area contributed by atoms with E-state index in [9.17, 15) is 9.59 Å². The number of nitrogens with zero attached hydrogens (tertiary/aromatic N) is 2. The number of pyridine rings is 1. The zero-order chi connectivity index (χ0) is 19.1. The van der Waals surface area contributed by atoms with Gasteiger partial charge in [-0.15, -0.1) is 0 Å². The molecule has 138 valence electrons. The van der Waals surface area contributed by atoms with Crippen LogP contribution >= 0.6 is 0 Å². The Bertz CT molecular complexity index is 778. The number of esters is 1. The number of fused-ring (bicyclic) bond motifs is 1. The van der Waals surface area contributed by atoms with Crippen LogP contribution in [-0.4, -0.2) is 42.7 Å². The fourth-order valence-electron chi connectivity index (χ4n) is 2.80. The van der Waals surface area contributed by atoms with Gasteiger partial charge in [-0.2, -0.15) is 0 Å². The Balaban J connectivity index is 0.00000151. The van der Waals surface area contributed by atoms with Crippen molar-refractivity contribution in [1.29, 1.82) is 0 Å². The monoisotopic (exact) mass is 346 g/mol. The molecule has 1 unspecified atom stereocenters. The molecule has 0 aliphatic heterocycles. The number of aryl methyl sites for hydroxylation is 1. The fourth-order valence-corrected chi connectivity index (χ4v) is 2.80. The number of hydrogen-bond donors (Lipinski definition) is 0. The van der Waals surface area contributed by atoms with Crippen LogP contribution in [0.2, 0.25) is 0 Å². The van der Waals surface area contributed by atoms with E-state index >= 15 is 0 Å². The molecule has 0 aliphatic rings. The van der Waals surface area contributed by atoms with Gasteiger partial charge in [0.1, 0.15) is 5.56 Å². The van der Waals surface area contributed by atoms with Crippen LogP contribution in [0.4, 0.5) is 0 Å². The van der Waals surface area contributed by atoms with Crippen molar-refractivity contribution in [1.82, 2.24) is 9.47 Å². The molecule has 25 heavy (non-hydrogen) atoms. The fraction of sp³-hybridized carbons (Fsp3) is 0.500. The van der Waals surface area contributed by atoms with Crippen LogP contribution in [-0.2, 0) is 4.74 Å². The van der Waals surface area contributed by atoms with Gasteiger partial charge in [0.25, 0.3) is 0 Å². The summed E-state index contributed by atoms with van der Waals surface area (Å²) in [6.07, 6.45) is 1.63. The Morgan fingerprint density at radius 1 is 1.28 bits per heavy atom. The average molecular weight is 346 g/mol. The summed E-state index contributed by atoms with van der Waals surface area (Å²) >= 11 is 0. The maximum absolute atomic E-state index is 12.7. The second kappa shape index (κ2) is 9.37. The third kappa shape index (κ3) is 4.92. The van der Waals surface area contributed by atoms with E-state index < -0.39 is 5.97 Å². The van der Waals surface area contributed by atoms with Crippen LogP contribution in [0.15, 0.2) is 29.2 Å². The molecule has 1 aromatic carbocycles. The van der Waals surface area contributed by atoms with E-state index in [0.717, 1.165) is 17.6 Å². The highest BCUT2D eigenvalue weighted by molar-refractivity contribution is 5.94. The molecule has 1 atom stereocenters. The predicted octanol–water partition coefficient (Wildman–Crippen LogP) is 3.64. The van der Waals surface area contributed by atoms with E-state index in [4.69, 9.17) is 4.74 Å². The lowest BCUT2D eigenvalue weighted by atomic mass is 10.1. The van der Waals surface area contributed by atoms with E-state index in [-0.39, 0.29) is 23.6 Å². The summed E-state index contributed by atoms with van der Waals surface area (Å²) in [7, 11) is 4.00. The van der Waals surface area contributed by atoms with Crippen molar-refractivity contribution >= 4 is 16.9 Å². The van der Waals surface area contributed by atoms with Gasteiger partial charge in [-0.05, 0) is 47.0 Å². The van der Waals surface area contributed by atoms with E-state index in [0.29, 0.717) is 5.39 Å². The molecular weight excluding hydrogens is 316 g/mol. The molecule has 0 bridgehead atoms. The van der Waals surface area contributed by atoms with Gasteiger partial charge < -0.3 is 14.2 Å². The van der Waals surface area contributed by atoms with Crippen molar-refractivity contribution < 1.29 is 9.53 Å². The number of likely N-dealkylation sites (N-methyl/N-ethyl adjacent to an activating group) is 1. The minimum atomic E-state index is -0.563. The zero-order valence-electron chi connectivity index (χ0n) is 16.4. The minimum Gasteiger partial charge on any atom is -0.462 e. The summed E-state index contributed by atoms with van der Waals surface area (Å²) in [5.74, 6) is -0.563. The topological polar surface area (TPSA) is 51.5 Å². The number of benzene rings is 1. The van der Waals surface area contributed by atoms with Crippen molar-refractivity contribution in [3.8, 4) is 0 Å². The van der Waals surface area contributed by atoms with Crippen molar-refractivity contribution in [2.24, 2.45) is 0 Å². The summed E-state index contributed by atoms with van der Waals surface area (Å²) in [6.45, 7) is 10.8. The van der Waals surface area contributed by atoms with Gasteiger partial charge in [-0.1, -0.05) is 25.5 Å². The highest BCUT2D eigenvalue weighted by atomic mass is 16.5. The third-order valence-electron chi connectivity index (χ3n) is 3.79. The van der Waals surface area contributed by atoms with Crippen LogP contribution < -0.4 is 5.43 Å². The molecule has 1 heterocycles. The van der Waals surface area contributed by atoms with Gasteiger partial charge in [0, 0.05) is 24.2 Å². The first-order valence-corrected chi connectivity index (χ1v) is 8.82. The van der Waals surface area contributed by atoms with Crippen molar-refractivity contribution in [3.05, 3.63) is 45.7 Å². The highest BCUT2D eigenvalue weighted by Gasteiger charge is 2.19. The molecule has 0 saturated carbocycles.